The minimum atomic E-state index is -3.23. The molecule has 1 unspecified atom stereocenters. The van der Waals surface area contributed by atoms with Crippen molar-refractivity contribution in [2.24, 2.45) is 0 Å². The Morgan fingerprint density at radius 1 is 1.20 bits per heavy atom. The molecule has 2 aromatic carbocycles. The van der Waals surface area contributed by atoms with E-state index in [1.54, 1.807) is 18.2 Å². The summed E-state index contributed by atoms with van der Waals surface area (Å²) >= 11 is 1.36. The summed E-state index contributed by atoms with van der Waals surface area (Å²) in [4.78, 5) is 1.08. The van der Waals surface area contributed by atoms with Gasteiger partial charge < -0.3 is 5.73 Å². The van der Waals surface area contributed by atoms with E-state index in [0.717, 1.165) is 5.56 Å². The van der Waals surface area contributed by atoms with Crippen LogP contribution in [0.4, 0.5) is 10.1 Å². The molecule has 0 saturated carbocycles. The van der Waals surface area contributed by atoms with E-state index in [0.29, 0.717) is 15.5 Å². The summed E-state index contributed by atoms with van der Waals surface area (Å²) in [7, 11) is -3.23. The summed E-state index contributed by atoms with van der Waals surface area (Å²) in [5.74, 6) is -0.348. The Kier molecular flexibility index (Phi) is 3.22. The van der Waals surface area contributed by atoms with Crippen LogP contribution in [0.5, 0.6) is 0 Å². The number of benzene rings is 2. The quantitative estimate of drug-likeness (QED) is 0.866. The largest absolute Gasteiger partial charge is 0.398 e. The summed E-state index contributed by atoms with van der Waals surface area (Å²) in [5.41, 5.74) is 6.90. The predicted octanol–water partition coefficient (Wildman–Crippen LogP) is 3.03. The average Bonchev–Trinajstić information content (AvgIpc) is 2.65. The van der Waals surface area contributed by atoms with Gasteiger partial charge in [0.15, 0.2) is 9.84 Å². The van der Waals surface area contributed by atoms with Crippen molar-refractivity contribution in [2.75, 3.05) is 11.5 Å². The van der Waals surface area contributed by atoms with Gasteiger partial charge in [0.2, 0.25) is 0 Å². The molecule has 1 heterocycles. The van der Waals surface area contributed by atoms with Crippen LogP contribution in [0.15, 0.2) is 52.3 Å². The monoisotopic (exact) mass is 309 g/mol. The highest BCUT2D eigenvalue weighted by atomic mass is 32.2. The maximum absolute atomic E-state index is 13.0. The number of halogens is 1. The number of sulfone groups is 1. The van der Waals surface area contributed by atoms with Crippen LogP contribution in [-0.4, -0.2) is 14.2 Å². The van der Waals surface area contributed by atoms with E-state index in [2.05, 4.69) is 0 Å². The smallest absolute Gasteiger partial charge is 0.180 e. The van der Waals surface area contributed by atoms with Crippen LogP contribution in [0.3, 0.4) is 0 Å². The first-order valence-electron chi connectivity index (χ1n) is 6.01. The minimum absolute atomic E-state index is 0.0494. The van der Waals surface area contributed by atoms with Gasteiger partial charge in [0.05, 0.1) is 15.9 Å². The number of nitrogens with two attached hydrogens (primary N) is 1. The second-order valence-corrected chi connectivity index (χ2v) is 7.86. The number of nitrogen functional groups attached to an aromatic ring is 1. The van der Waals surface area contributed by atoms with Crippen LogP contribution >= 0.6 is 11.8 Å². The first kappa shape index (κ1) is 13.5. The Bertz CT molecular complexity index is 774. The van der Waals surface area contributed by atoms with Gasteiger partial charge in [-0.05, 0) is 29.8 Å². The molecular weight excluding hydrogens is 297 g/mol. The van der Waals surface area contributed by atoms with E-state index in [9.17, 15) is 12.8 Å². The Balaban J connectivity index is 1.97. The van der Waals surface area contributed by atoms with Crippen molar-refractivity contribution in [3.8, 4) is 0 Å². The highest BCUT2D eigenvalue weighted by molar-refractivity contribution is 8.01. The van der Waals surface area contributed by atoms with E-state index in [4.69, 9.17) is 5.73 Å². The fraction of sp³-hybridized carbons (Fsp3) is 0.143. The topological polar surface area (TPSA) is 60.2 Å². The maximum atomic E-state index is 13.0. The van der Waals surface area contributed by atoms with Crippen LogP contribution in [0.2, 0.25) is 0 Å². The molecule has 0 radical (unpaired) electrons. The second kappa shape index (κ2) is 4.79. The molecule has 3 nitrogen and oxygen atoms in total. The molecule has 1 aliphatic heterocycles. The van der Waals surface area contributed by atoms with Crippen molar-refractivity contribution in [3.05, 3.63) is 53.8 Å². The third-order valence-corrected chi connectivity index (χ3v) is 6.57. The lowest BCUT2D eigenvalue weighted by Crippen LogP contribution is -2.01. The first-order valence-corrected chi connectivity index (χ1v) is 8.54. The summed E-state index contributed by atoms with van der Waals surface area (Å²) in [6, 6.07) is 11.1. The van der Waals surface area contributed by atoms with Crippen LogP contribution in [0.25, 0.3) is 0 Å². The molecule has 104 valence electrons. The van der Waals surface area contributed by atoms with Gasteiger partial charge in [0, 0.05) is 10.6 Å². The van der Waals surface area contributed by atoms with E-state index in [-0.39, 0.29) is 11.0 Å². The Morgan fingerprint density at radius 2 is 1.95 bits per heavy atom. The zero-order chi connectivity index (χ0) is 14.3. The van der Waals surface area contributed by atoms with Crippen LogP contribution in [0, 0.1) is 5.82 Å². The van der Waals surface area contributed by atoms with Crippen molar-refractivity contribution < 1.29 is 12.8 Å². The summed E-state index contributed by atoms with van der Waals surface area (Å²) in [6.45, 7) is 0. The Morgan fingerprint density at radius 3 is 2.70 bits per heavy atom. The van der Waals surface area contributed by atoms with Gasteiger partial charge in [-0.15, -0.1) is 11.8 Å². The summed E-state index contributed by atoms with van der Waals surface area (Å²) in [6.07, 6.45) is 0. The number of thioether (sulfide) groups is 1. The van der Waals surface area contributed by atoms with Crippen molar-refractivity contribution in [3.63, 3.8) is 0 Å². The molecular formula is C14H12FNO2S2. The molecule has 2 aromatic rings. The molecule has 0 spiro atoms. The number of rotatable bonds is 2. The van der Waals surface area contributed by atoms with Crippen molar-refractivity contribution in [2.45, 2.75) is 15.0 Å². The van der Waals surface area contributed by atoms with Crippen molar-refractivity contribution >= 4 is 27.3 Å². The van der Waals surface area contributed by atoms with Crippen LogP contribution < -0.4 is 5.73 Å². The zero-order valence-corrected chi connectivity index (χ0v) is 12.0. The predicted molar refractivity (Wildman–Crippen MR) is 77.9 cm³/mol. The van der Waals surface area contributed by atoms with Gasteiger partial charge in [-0.2, -0.15) is 0 Å². The van der Waals surface area contributed by atoms with Gasteiger partial charge in [0.25, 0.3) is 0 Å². The number of anilines is 1. The van der Waals surface area contributed by atoms with E-state index >= 15 is 0 Å². The Hall–Kier alpha value is -1.53. The first-order chi connectivity index (χ1) is 9.47. The van der Waals surface area contributed by atoms with Gasteiger partial charge in [-0.25, -0.2) is 12.8 Å². The third kappa shape index (κ3) is 2.29. The highest BCUT2D eigenvalue weighted by Crippen LogP contribution is 2.46. The van der Waals surface area contributed by atoms with Gasteiger partial charge in [0.1, 0.15) is 5.82 Å². The SMILES string of the molecule is Nc1cc(F)ccc1SC1CS(=O)(=O)c2ccccc21. The highest BCUT2D eigenvalue weighted by Gasteiger charge is 2.35. The molecule has 1 atom stereocenters. The van der Waals surface area contributed by atoms with Gasteiger partial charge >= 0.3 is 0 Å². The van der Waals surface area contributed by atoms with Crippen molar-refractivity contribution in [1.82, 2.24) is 0 Å². The van der Waals surface area contributed by atoms with Gasteiger partial charge in [-0.1, -0.05) is 18.2 Å². The van der Waals surface area contributed by atoms with E-state index in [1.165, 1.54) is 23.9 Å². The number of hydrogen-bond acceptors (Lipinski definition) is 4. The Labute approximate surface area is 120 Å². The summed E-state index contributed by atoms with van der Waals surface area (Å²) < 4.78 is 37.2. The number of fused-ring (bicyclic) bond motifs is 1. The molecule has 0 bridgehead atoms. The lowest BCUT2D eigenvalue weighted by molar-refractivity contribution is 0.600. The molecule has 0 fully saturated rings. The molecule has 0 amide bonds. The number of hydrogen-bond donors (Lipinski definition) is 1. The second-order valence-electron chi connectivity index (χ2n) is 4.61. The molecule has 1 aliphatic rings. The third-order valence-electron chi connectivity index (χ3n) is 3.21. The lowest BCUT2D eigenvalue weighted by atomic mass is 10.2. The molecule has 2 N–H and O–H groups in total. The molecule has 0 saturated heterocycles. The van der Waals surface area contributed by atoms with Crippen LogP contribution in [-0.2, 0) is 9.84 Å². The normalized spacial score (nSPS) is 19.8. The van der Waals surface area contributed by atoms with Crippen molar-refractivity contribution in [1.29, 1.82) is 0 Å². The molecule has 0 aromatic heterocycles. The minimum Gasteiger partial charge on any atom is -0.398 e. The zero-order valence-electron chi connectivity index (χ0n) is 10.4. The average molecular weight is 309 g/mol. The molecule has 6 heteroatoms. The fourth-order valence-electron chi connectivity index (χ4n) is 2.29. The van der Waals surface area contributed by atoms with E-state index in [1.807, 2.05) is 12.1 Å². The maximum Gasteiger partial charge on any atom is 0.180 e. The standard InChI is InChI=1S/C14H12FNO2S2/c15-9-5-6-12(11(16)7-9)19-13-8-20(17,18)14-4-2-1-3-10(13)14/h1-7,13H,8,16H2. The molecule has 0 aliphatic carbocycles. The fourth-order valence-corrected chi connectivity index (χ4v) is 5.76. The molecule has 20 heavy (non-hydrogen) atoms. The van der Waals surface area contributed by atoms with Crippen LogP contribution in [0.1, 0.15) is 10.8 Å². The van der Waals surface area contributed by atoms with E-state index < -0.39 is 15.7 Å². The van der Waals surface area contributed by atoms with Gasteiger partial charge in [-0.3, -0.25) is 0 Å². The molecule has 3 rings (SSSR count). The lowest BCUT2D eigenvalue weighted by Gasteiger charge is -2.11. The summed E-state index contributed by atoms with van der Waals surface area (Å²) in [5, 5.41) is -0.205.